The first-order valence-electron chi connectivity index (χ1n) is 6.69. The van der Waals surface area contributed by atoms with Crippen LogP contribution in [0.5, 0.6) is 0 Å². The lowest BCUT2D eigenvalue weighted by Gasteiger charge is -2.07. The van der Waals surface area contributed by atoms with Gasteiger partial charge < -0.3 is 15.8 Å². The highest BCUT2D eigenvalue weighted by molar-refractivity contribution is 14.0. The van der Waals surface area contributed by atoms with Gasteiger partial charge in [-0.15, -0.1) is 24.0 Å². The summed E-state index contributed by atoms with van der Waals surface area (Å²) in [4.78, 5) is 4.09. The van der Waals surface area contributed by atoms with Crippen LogP contribution in [-0.2, 0) is 11.2 Å². The van der Waals surface area contributed by atoms with E-state index in [0.29, 0.717) is 26.3 Å². The number of benzene rings is 1. The monoisotopic (exact) mass is 413 g/mol. The Balaban J connectivity index is 0.00000400. The number of nitrogens with one attached hydrogen (secondary N) is 1. The molecule has 0 unspecified atom stereocenters. The molecule has 0 radical (unpaired) electrons. The third kappa shape index (κ3) is 8.15. The number of hydrogen-bond acceptors (Lipinski definition) is 2. The van der Waals surface area contributed by atoms with Crippen LogP contribution in [-0.4, -0.2) is 32.3 Å². The number of guanidine groups is 1. The van der Waals surface area contributed by atoms with Crippen molar-refractivity contribution < 1.29 is 13.5 Å². The van der Waals surface area contributed by atoms with E-state index in [1.54, 1.807) is 0 Å². The summed E-state index contributed by atoms with van der Waals surface area (Å²) in [6.07, 6.45) is 1.01. The van der Waals surface area contributed by atoms with Gasteiger partial charge in [-0.05, 0) is 31.9 Å². The van der Waals surface area contributed by atoms with Crippen LogP contribution in [0.15, 0.2) is 23.2 Å². The van der Waals surface area contributed by atoms with Gasteiger partial charge in [-0.1, -0.05) is 6.07 Å². The summed E-state index contributed by atoms with van der Waals surface area (Å²) in [5.74, 6) is -0.809. The van der Waals surface area contributed by atoms with Crippen molar-refractivity contribution in [2.75, 3.05) is 26.3 Å². The van der Waals surface area contributed by atoms with Crippen LogP contribution in [0, 0.1) is 11.6 Å². The number of hydrogen-bond donors (Lipinski definition) is 2. The summed E-state index contributed by atoms with van der Waals surface area (Å²) in [6.45, 7) is 4.16. The SMILES string of the molecule is CCOCCCN=C(N)NCCc1c(F)cccc1F.I. The predicted octanol–water partition coefficient (Wildman–Crippen LogP) is 2.46. The number of nitrogens with two attached hydrogens (primary N) is 1. The van der Waals surface area contributed by atoms with Crippen molar-refractivity contribution >= 4 is 29.9 Å². The van der Waals surface area contributed by atoms with Gasteiger partial charge >= 0.3 is 0 Å². The highest BCUT2D eigenvalue weighted by Crippen LogP contribution is 2.11. The standard InChI is InChI=1S/C14H21F2N3O.HI/c1-2-20-10-4-8-18-14(17)19-9-7-11-12(15)5-3-6-13(11)16;/h3,5-6H,2,4,7-10H2,1H3,(H3,17,18,19);1H. The molecule has 3 N–H and O–H groups in total. The molecule has 0 saturated carbocycles. The number of halogens is 3. The topological polar surface area (TPSA) is 59.6 Å². The van der Waals surface area contributed by atoms with Gasteiger partial charge in [-0.2, -0.15) is 0 Å². The van der Waals surface area contributed by atoms with E-state index >= 15 is 0 Å². The molecule has 4 nitrogen and oxygen atoms in total. The number of aliphatic imine (C=N–C) groups is 1. The van der Waals surface area contributed by atoms with E-state index in [1.165, 1.54) is 18.2 Å². The maximum atomic E-state index is 13.4. The lowest BCUT2D eigenvalue weighted by molar-refractivity contribution is 0.146. The van der Waals surface area contributed by atoms with Crippen LogP contribution < -0.4 is 11.1 Å². The molecular weight excluding hydrogens is 391 g/mol. The van der Waals surface area contributed by atoms with E-state index in [9.17, 15) is 8.78 Å². The number of nitrogens with zero attached hydrogens (tertiary/aromatic N) is 1. The van der Waals surface area contributed by atoms with Crippen molar-refractivity contribution in [2.45, 2.75) is 19.8 Å². The fourth-order valence-electron chi connectivity index (χ4n) is 1.65. The van der Waals surface area contributed by atoms with E-state index < -0.39 is 11.6 Å². The maximum absolute atomic E-state index is 13.4. The largest absolute Gasteiger partial charge is 0.382 e. The van der Waals surface area contributed by atoms with Gasteiger partial charge in [-0.3, -0.25) is 4.99 Å². The minimum absolute atomic E-state index is 0. The third-order valence-electron chi connectivity index (χ3n) is 2.68. The lowest BCUT2D eigenvalue weighted by atomic mass is 10.1. The van der Waals surface area contributed by atoms with E-state index in [-0.39, 0.29) is 41.9 Å². The molecule has 0 aromatic heterocycles. The quantitative estimate of drug-likeness (QED) is 0.298. The minimum Gasteiger partial charge on any atom is -0.382 e. The summed E-state index contributed by atoms with van der Waals surface area (Å²) < 4.78 is 31.9. The smallest absolute Gasteiger partial charge is 0.188 e. The molecule has 0 saturated heterocycles. The maximum Gasteiger partial charge on any atom is 0.188 e. The van der Waals surface area contributed by atoms with Gasteiger partial charge in [0.2, 0.25) is 0 Å². The Morgan fingerprint density at radius 2 is 2.00 bits per heavy atom. The molecule has 0 amide bonds. The van der Waals surface area contributed by atoms with Crippen molar-refractivity contribution in [3.05, 3.63) is 35.4 Å². The Labute approximate surface area is 141 Å². The Kier molecular flexibility index (Phi) is 11.1. The minimum atomic E-state index is -0.543. The van der Waals surface area contributed by atoms with Crippen molar-refractivity contribution in [1.29, 1.82) is 0 Å². The first-order chi connectivity index (χ1) is 9.65. The fourth-order valence-corrected chi connectivity index (χ4v) is 1.65. The lowest BCUT2D eigenvalue weighted by Crippen LogP contribution is -2.33. The molecule has 0 aliphatic carbocycles. The van der Waals surface area contributed by atoms with Gasteiger partial charge in [0, 0.05) is 31.9 Å². The Morgan fingerprint density at radius 3 is 2.62 bits per heavy atom. The molecule has 0 aliphatic rings. The van der Waals surface area contributed by atoms with E-state index in [0.717, 1.165) is 6.42 Å². The molecule has 0 atom stereocenters. The molecule has 21 heavy (non-hydrogen) atoms. The normalized spacial score (nSPS) is 11.1. The van der Waals surface area contributed by atoms with Crippen LogP contribution >= 0.6 is 24.0 Å². The molecule has 0 heterocycles. The summed E-state index contributed by atoms with van der Waals surface area (Å²) in [7, 11) is 0. The van der Waals surface area contributed by atoms with Gasteiger partial charge in [0.1, 0.15) is 11.6 Å². The first-order valence-corrected chi connectivity index (χ1v) is 6.69. The average Bonchev–Trinajstić information content (AvgIpc) is 2.42. The summed E-state index contributed by atoms with van der Waals surface area (Å²) in [6, 6.07) is 3.82. The molecular formula is C14H22F2IN3O. The van der Waals surface area contributed by atoms with Crippen LogP contribution in [0.3, 0.4) is 0 Å². The van der Waals surface area contributed by atoms with Gasteiger partial charge in [-0.25, -0.2) is 8.78 Å². The zero-order valence-corrected chi connectivity index (χ0v) is 14.4. The van der Waals surface area contributed by atoms with Crippen LogP contribution in [0.25, 0.3) is 0 Å². The van der Waals surface area contributed by atoms with Crippen LogP contribution in [0.1, 0.15) is 18.9 Å². The van der Waals surface area contributed by atoms with Crippen molar-refractivity contribution in [3.8, 4) is 0 Å². The number of ether oxygens (including phenoxy) is 1. The Hall–Kier alpha value is -0.960. The van der Waals surface area contributed by atoms with Gasteiger partial charge in [0.15, 0.2) is 5.96 Å². The van der Waals surface area contributed by atoms with E-state index in [2.05, 4.69) is 10.3 Å². The Bertz CT molecular complexity index is 424. The zero-order valence-electron chi connectivity index (χ0n) is 12.1. The summed E-state index contributed by atoms with van der Waals surface area (Å²) in [5.41, 5.74) is 5.70. The van der Waals surface area contributed by atoms with Gasteiger partial charge in [0.25, 0.3) is 0 Å². The number of rotatable bonds is 8. The second-order valence-electron chi connectivity index (χ2n) is 4.19. The average molecular weight is 413 g/mol. The first kappa shape index (κ1) is 20.0. The fraction of sp³-hybridized carbons (Fsp3) is 0.500. The molecule has 0 bridgehead atoms. The molecule has 120 valence electrons. The van der Waals surface area contributed by atoms with E-state index in [1.807, 2.05) is 6.92 Å². The van der Waals surface area contributed by atoms with Gasteiger partial charge in [0.05, 0.1) is 0 Å². The molecule has 0 spiro atoms. The molecule has 1 aromatic rings. The highest BCUT2D eigenvalue weighted by atomic mass is 127. The third-order valence-corrected chi connectivity index (χ3v) is 2.68. The Morgan fingerprint density at radius 1 is 1.33 bits per heavy atom. The predicted molar refractivity (Wildman–Crippen MR) is 91.1 cm³/mol. The van der Waals surface area contributed by atoms with Crippen LogP contribution in [0.2, 0.25) is 0 Å². The highest BCUT2D eigenvalue weighted by Gasteiger charge is 2.07. The second-order valence-corrected chi connectivity index (χ2v) is 4.19. The van der Waals surface area contributed by atoms with Crippen molar-refractivity contribution in [3.63, 3.8) is 0 Å². The zero-order chi connectivity index (χ0) is 14.8. The van der Waals surface area contributed by atoms with Crippen molar-refractivity contribution in [2.24, 2.45) is 10.7 Å². The summed E-state index contributed by atoms with van der Waals surface area (Å²) >= 11 is 0. The molecule has 1 rings (SSSR count). The van der Waals surface area contributed by atoms with Crippen molar-refractivity contribution in [1.82, 2.24) is 5.32 Å². The molecule has 1 aromatic carbocycles. The van der Waals surface area contributed by atoms with E-state index in [4.69, 9.17) is 10.5 Å². The molecule has 7 heteroatoms. The second kappa shape index (κ2) is 11.7. The summed E-state index contributed by atoms with van der Waals surface area (Å²) in [5, 5.41) is 2.83. The molecule has 0 aliphatic heterocycles. The van der Waals surface area contributed by atoms with Crippen LogP contribution in [0.4, 0.5) is 8.78 Å². The molecule has 0 fully saturated rings.